The van der Waals surface area contributed by atoms with Crippen LogP contribution in [0.3, 0.4) is 0 Å². The molecule has 0 spiro atoms. The predicted octanol–water partition coefficient (Wildman–Crippen LogP) is 9.59. The summed E-state index contributed by atoms with van der Waals surface area (Å²) in [4.78, 5) is 70.4. The topological polar surface area (TPSA) is 151 Å². The summed E-state index contributed by atoms with van der Waals surface area (Å²) in [6, 6.07) is 4.95. The third kappa shape index (κ3) is 8.23. The highest BCUT2D eigenvalue weighted by Crippen LogP contribution is 2.76. The first kappa shape index (κ1) is 48.5. The maximum absolute atomic E-state index is 14.7. The summed E-state index contributed by atoms with van der Waals surface area (Å²) in [5, 5.41) is 16.6. The average Bonchev–Trinajstić information content (AvgIpc) is 3.81. The van der Waals surface area contributed by atoms with Crippen LogP contribution < -0.4 is 15.4 Å². The number of esters is 1. The lowest BCUT2D eigenvalue weighted by Gasteiger charge is -2.72. The van der Waals surface area contributed by atoms with Crippen molar-refractivity contribution in [3.8, 4) is 5.75 Å². The Morgan fingerprint density at radius 3 is 2.25 bits per heavy atom. The van der Waals surface area contributed by atoms with Gasteiger partial charge in [-0.3, -0.25) is 28.9 Å². The van der Waals surface area contributed by atoms with E-state index >= 15 is 0 Å². The summed E-state index contributed by atoms with van der Waals surface area (Å²) in [7, 11) is 0. The number of carbonyl (C=O) groups is 5. The zero-order chi connectivity index (χ0) is 47.0. The first-order valence-corrected chi connectivity index (χ1v) is 24.6. The average molecular weight is 907 g/mol. The Morgan fingerprint density at radius 1 is 0.906 bits per heavy atom. The van der Waals surface area contributed by atoms with Crippen LogP contribution in [0.25, 0.3) is 0 Å². The maximum Gasteiger partial charge on any atom is 0.309 e. The molecule has 11 nitrogen and oxygen atoms in total. The highest BCUT2D eigenvalue weighted by molar-refractivity contribution is 6.30. The standard InChI is InChI=1S/C52H76ClN3O8/c1-31(2)41-35(57)29-52(55-44(60)48(7,8)54-43(59)33-15-14-32(53)28-36(33)63-27-26-56-24-12-13-25-56)23-22-50(10)34(42(41)52)16-17-38-49(9)20-19-39(64-40(58)30-46(3,4)45(61)62)47(5,6)37(49)18-21-51(38,50)11/h14-15,28,31,34,37-39H,12-13,16-27,29-30H2,1-11H3,(H,54,59)(H,55,60)(H,61,62)/t34-,37+,38-,39+,49+,50-,51-,52-/m1/s1. The number of hydrogen-bond donors (Lipinski definition) is 3. The van der Waals surface area contributed by atoms with Gasteiger partial charge in [-0.2, -0.15) is 0 Å². The van der Waals surface area contributed by atoms with Crippen LogP contribution in [-0.2, 0) is 23.9 Å². The molecule has 2 amide bonds. The van der Waals surface area contributed by atoms with E-state index in [1.807, 2.05) is 0 Å². The van der Waals surface area contributed by atoms with E-state index in [-0.39, 0.29) is 64.1 Å². The van der Waals surface area contributed by atoms with Gasteiger partial charge in [0.1, 0.15) is 24.0 Å². The molecule has 12 heteroatoms. The third-order valence-corrected chi connectivity index (χ3v) is 18.4. The highest BCUT2D eigenvalue weighted by Gasteiger charge is 2.70. The molecule has 1 aliphatic heterocycles. The molecule has 354 valence electrons. The molecule has 4 saturated carbocycles. The molecule has 3 N–H and O–H groups in total. The Morgan fingerprint density at radius 2 is 1.59 bits per heavy atom. The molecule has 0 bridgehead atoms. The van der Waals surface area contributed by atoms with E-state index in [0.29, 0.717) is 41.2 Å². The number of nitrogens with zero attached hydrogens (tertiary/aromatic N) is 1. The van der Waals surface area contributed by atoms with E-state index in [1.54, 1.807) is 45.9 Å². The van der Waals surface area contributed by atoms with Crippen LogP contribution in [0.15, 0.2) is 29.3 Å². The monoisotopic (exact) mass is 906 g/mol. The SMILES string of the molecule is CC(C)C1=C2[C@H]3CC[C@@H]4[C@@]5(C)CC[C@H](OC(=O)CC(C)(C)C(=O)O)C(C)(C)[C@@H]5CC[C@@]4(C)[C@]3(C)CC[C@@]2(NC(=O)C(C)(C)NC(=O)c2ccc(Cl)cc2OCCN2CCCC2)CC1=O. The third-order valence-electron chi connectivity index (χ3n) is 18.2. The first-order valence-electron chi connectivity index (χ1n) is 24.2. The first-order chi connectivity index (χ1) is 29.7. The largest absolute Gasteiger partial charge is 0.491 e. The molecule has 1 aromatic rings. The number of benzene rings is 1. The van der Waals surface area contributed by atoms with Crippen molar-refractivity contribution in [2.75, 3.05) is 26.2 Å². The van der Waals surface area contributed by atoms with Crippen molar-refractivity contribution in [1.82, 2.24) is 15.5 Å². The Kier molecular flexibility index (Phi) is 12.9. The van der Waals surface area contributed by atoms with Gasteiger partial charge in [0, 0.05) is 23.4 Å². The molecule has 6 aliphatic rings. The second-order valence-corrected chi connectivity index (χ2v) is 24.0. The zero-order valence-corrected chi connectivity index (χ0v) is 41.3. The fourth-order valence-corrected chi connectivity index (χ4v) is 14.6. The van der Waals surface area contributed by atoms with Crippen molar-refractivity contribution in [1.29, 1.82) is 0 Å². The molecule has 8 atom stereocenters. The van der Waals surface area contributed by atoms with Gasteiger partial charge in [-0.05, 0) is 174 Å². The fourth-order valence-electron chi connectivity index (χ4n) is 14.5. The number of nitrogens with one attached hydrogen (secondary N) is 2. The number of carboxylic acids is 1. The fraction of sp³-hybridized carbons (Fsp3) is 0.750. The number of halogens is 1. The molecule has 1 saturated heterocycles. The lowest BCUT2D eigenvalue weighted by Crippen LogP contribution is -2.68. The number of amides is 2. The minimum atomic E-state index is -1.32. The number of aliphatic carboxylic acids is 1. The molecule has 0 aromatic heterocycles. The van der Waals surface area contributed by atoms with E-state index in [2.05, 4.69) is 64.0 Å². The van der Waals surface area contributed by atoms with E-state index in [0.717, 1.165) is 75.7 Å². The smallest absolute Gasteiger partial charge is 0.309 e. The van der Waals surface area contributed by atoms with Crippen molar-refractivity contribution >= 4 is 41.1 Å². The second kappa shape index (κ2) is 17.0. The van der Waals surface area contributed by atoms with Crippen molar-refractivity contribution in [2.24, 2.45) is 50.7 Å². The van der Waals surface area contributed by atoms with Crippen LogP contribution in [0.4, 0.5) is 0 Å². The summed E-state index contributed by atoms with van der Waals surface area (Å²) in [6.07, 6.45) is 9.16. The predicted molar refractivity (Wildman–Crippen MR) is 248 cm³/mol. The van der Waals surface area contributed by atoms with Gasteiger partial charge >= 0.3 is 11.9 Å². The molecule has 5 fully saturated rings. The Labute approximate surface area is 386 Å². The van der Waals surface area contributed by atoms with Crippen LogP contribution >= 0.6 is 11.6 Å². The molecular formula is C52H76ClN3O8. The number of allylic oxidation sites excluding steroid dienone is 1. The van der Waals surface area contributed by atoms with E-state index in [4.69, 9.17) is 21.1 Å². The molecule has 0 unspecified atom stereocenters. The number of Topliss-reactive ketones (excluding diaryl/α,β-unsaturated/α-hetero) is 1. The van der Waals surface area contributed by atoms with Crippen LogP contribution in [0, 0.1) is 50.7 Å². The van der Waals surface area contributed by atoms with Crippen molar-refractivity contribution < 1.29 is 38.6 Å². The molecule has 1 heterocycles. The summed E-state index contributed by atoms with van der Waals surface area (Å²) in [5.41, 5.74) is -1.57. The van der Waals surface area contributed by atoms with Crippen LogP contribution in [-0.4, -0.2) is 83.0 Å². The van der Waals surface area contributed by atoms with Gasteiger partial charge in [-0.25, -0.2) is 0 Å². The Bertz CT molecular complexity index is 2090. The van der Waals surface area contributed by atoms with Gasteiger partial charge in [0.15, 0.2) is 5.78 Å². The Hall–Kier alpha value is -3.44. The number of ketones is 1. The van der Waals surface area contributed by atoms with Gasteiger partial charge in [0.25, 0.3) is 5.91 Å². The van der Waals surface area contributed by atoms with Gasteiger partial charge < -0.3 is 25.2 Å². The number of ether oxygens (including phenoxy) is 2. The van der Waals surface area contributed by atoms with Crippen LogP contribution in [0.1, 0.15) is 164 Å². The number of carboxylic acid groups (broad SMARTS) is 1. The number of hydrogen-bond acceptors (Lipinski definition) is 8. The van der Waals surface area contributed by atoms with Crippen molar-refractivity contribution in [3.05, 3.63) is 39.9 Å². The maximum atomic E-state index is 14.7. The quantitative estimate of drug-likeness (QED) is 0.165. The minimum Gasteiger partial charge on any atom is -0.491 e. The van der Waals surface area contributed by atoms with E-state index in [9.17, 15) is 29.1 Å². The lowest BCUT2D eigenvalue weighted by molar-refractivity contribution is -0.232. The van der Waals surface area contributed by atoms with Gasteiger partial charge in [0.05, 0.1) is 22.9 Å². The minimum absolute atomic E-state index is 0.0104. The normalized spacial score (nSPS) is 33.7. The summed E-state index contributed by atoms with van der Waals surface area (Å²) in [5.74, 6) is -0.941. The molecule has 5 aliphatic carbocycles. The van der Waals surface area contributed by atoms with Crippen molar-refractivity contribution in [3.63, 3.8) is 0 Å². The van der Waals surface area contributed by atoms with Gasteiger partial charge in [-0.1, -0.05) is 60.1 Å². The van der Waals surface area contributed by atoms with E-state index in [1.165, 1.54) is 12.8 Å². The van der Waals surface area contributed by atoms with Gasteiger partial charge in [0.2, 0.25) is 5.91 Å². The van der Waals surface area contributed by atoms with Gasteiger partial charge in [-0.15, -0.1) is 0 Å². The van der Waals surface area contributed by atoms with Crippen LogP contribution in [0.5, 0.6) is 5.75 Å². The summed E-state index contributed by atoms with van der Waals surface area (Å²) in [6.45, 7) is 26.0. The summed E-state index contributed by atoms with van der Waals surface area (Å²) < 4.78 is 12.3. The molecule has 7 rings (SSSR count). The molecule has 1 aromatic carbocycles. The van der Waals surface area contributed by atoms with Crippen molar-refractivity contribution in [2.45, 2.75) is 170 Å². The lowest BCUT2D eigenvalue weighted by atomic mass is 9.33. The number of carbonyl (C=O) groups excluding carboxylic acids is 4. The van der Waals surface area contributed by atoms with E-state index < -0.39 is 34.3 Å². The number of likely N-dealkylation sites (tertiary alicyclic amines) is 1. The Balaban J connectivity index is 1.11. The second-order valence-electron chi connectivity index (χ2n) is 23.6. The number of fused-ring (bicyclic) bond motifs is 7. The highest BCUT2D eigenvalue weighted by atomic mass is 35.5. The van der Waals surface area contributed by atoms with Crippen LogP contribution in [0.2, 0.25) is 5.02 Å². The molecule has 0 radical (unpaired) electrons. The number of rotatable bonds is 13. The molecular weight excluding hydrogens is 830 g/mol. The zero-order valence-electron chi connectivity index (χ0n) is 40.6. The molecule has 64 heavy (non-hydrogen) atoms. The summed E-state index contributed by atoms with van der Waals surface area (Å²) >= 11 is 6.37.